The van der Waals surface area contributed by atoms with Gasteiger partial charge in [0.25, 0.3) is 0 Å². The van der Waals surface area contributed by atoms with Crippen LogP contribution in [0.3, 0.4) is 0 Å². The largest absolute Gasteiger partial charge is 0.460 e. The van der Waals surface area contributed by atoms with Crippen molar-refractivity contribution in [2.75, 3.05) is 0 Å². The molecule has 1 aliphatic heterocycles. The fraction of sp³-hybridized carbons (Fsp3) is 0.200. The van der Waals surface area contributed by atoms with Crippen LogP contribution < -0.4 is 0 Å². The molecule has 1 aromatic carbocycles. The van der Waals surface area contributed by atoms with Crippen LogP contribution in [0.4, 0.5) is 0 Å². The second kappa shape index (κ2) is 5.45. The first kappa shape index (κ1) is 12.3. The number of nitrogens with zero attached hydrogens (tertiary/aromatic N) is 1. The van der Waals surface area contributed by atoms with Gasteiger partial charge in [0.1, 0.15) is 12.0 Å². The Morgan fingerprint density at radius 3 is 2.83 bits per heavy atom. The number of aliphatic imine (C=N–C) groups is 1. The number of rotatable bonds is 3. The molecule has 0 saturated carbocycles. The van der Waals surface area contributed by atoms with Gasteiger partial charge in [-0.1, -0.05) is 36.4 Å². The summed E-state index contributed by atoms with van der Waals surface area (Å²) in [4.78, 5) is 16.0. The molecule has 18 heavy (non-hydrogen) atoms. The minimum absolute atomic E-state index is 0.274. The molecule has 0 N–H and O–H groups in total. The molecular formula is C15H15NO2. The second-order valence-electron chi connectivity index (χ2n) is 4.32. The van der Waals surface area contributed by atoms with Gasteiger partial charge in [-0.25, -0.2) is 0 Å². The predicted molar refractivity (Wildman–Crippen MR) is 71.1 cm³/mol. The number of ether oxygens (including phenoxy) is 1. The maximum atomic E-state index is 12.1. The molecule has 1 atom stereocenters. The van der Waals surface area contributed by atoms with Crippen LogP contribution in [0.2, 0.25) is 0 Å². The molecule has 2 rings (SSSR count). The Labute approximate surface area is 107 Å². The van der Waals surface area contributed by atoms with Crippen molar-refractivity contribution in [3.63, 3.8) is 0 Å². The fourth-order valence-corrected chi connectivity index (χ4v) is 1.61. The summed E-state index contributed by atoms with van der Waals surface area (Å²) in [5, 5.41) is 0. The van der Waals surface area contributed by atoms with E-state index < -0.39 is 5.41 Å². The van der Waals surface area contributed by atoms with Gasteiger partial charge in [0.2, 0.25) is 0 Å². The van der Waals surface area contributed by atoms with Gasteiger partial charge in [-0.05, 0) is 24.6 Å². The normalized spacial score (nSPS) is 21.6. The third kappa shape index (κ3) is 2.94. The minimum Gasteiger partial charge on any atom is -0.460 e. The molecule has 0 saturated heterocycles. The number of carbonyl (C=O) groups excluding carboxylic acids is 1. The van der Waals surface area contributed by atoms with Gasteiger partial charge in [0.15, 0.2) is 0 Å². The van der Waals surface area contributed by atoms with E-state index in [9.17, 15) is 4.79 Å². The molecular weight excluding hydrogens is 226 g/mol. The number of hydrogen-bond donors (Lipinski definition) is 0. The molecule has 0 aliphatic carbocycles. The lowest BCUT2D eigenvalue weighted by molar-refractivity contribution is -0.151. The third-order valence-electron chi connectivity index (χ3n) is 2.77. The number of carbonyl (C=O) groups is 1. The average molecular weight is 241 g/mol. The molecule has 0 aromatic heterocycles. The highest BCUT2D eigenvalue weighted by atomic mass is 16.5. The van der Waals surface area contributed by atoms with Gasteiger partial charge in [-0.15, -0.1) is 0 Å². The van der Waals surface area contributed by atoms with Crippen LogP contribution in [0.25, 0.3) is 0 Å². The maximum Gasteiger partial charge on any atom is 0.319 e. The predicted octanol–water partition coefficient (Wildman–Crippen LogP) is 2.89. The topological polar surface area (TPSA) is 38.7 Å². The zero-order valence-electron chi connectivity index (χ0n) is 10.2. The number of hydrogen-bond acceptors (Lipinski definition) is 3. The summed E-state index contributed by atoms with van der Waals surface area (Å²) in [5.74, 6) is -0.274. The van der Waals surface area contributed by atoms with Crippen molar-refractivity contribution in [1.29, 1.82) is 0 Å². The first-order valence-corrected chi connectivity index (χ1v) is 5.80. The van der Waals surface area contributed by atoms with E-state index in [-0.39, 0.29) is 12.6 Å². The quantitative estimate of drug-likeness (QED) is 0.763. The standard InChI is InChI=1S/C15H15NO2/c1-15(8-5-10-16-11-9-15)14(17)18-12-13-6-3-2-4-7-13/h2-11H,12H2,1H3. The van der Waals surface area contributed by atoms with Crippen molar-refractivity contribution in [1.82, 2.24) is 0 Å². The van der Waals surface area contributed by atoms with Crippen LogP contribution in [0.5, 0.6) is 0 Å². The van der Waals surface area contributed by atoms with Crippen molar-refractivity contribution in [3.05, 3.63) is 60.3 Å². The lowest BCUT2D eigenvalue weighted by Gasteiger charge is -2.19. The SMILES string of the molecule is CC1(C(=O)OCc2ccccc2)C=CC=NC=C1. The Bertz CT molecular complexity index is 484. The lowest BCUT2D eigenvalue weighted by Crippen LogP contribution is -2.25. The first-order valence-electron chi connectivity index (χ1n) is 5.80. The van der Waals surface area contributed by atoms with Gasteiger partial charge in [0, 0.05) is 12.4 Å². The number of esters is 1. The summed E-state index contributed by atoms with van der Waals surface area (Å²) >= 11 is 0. The van der Waals surface area contributed by atoms with Gasteiger partial charge < -0.3 is 4.74 Å². The molecule has 92 valence electrons. The van der Waals surface area contributed by atoms with Crippen LogP contribution in [0.1, 0.15) is 12.5 Å². The minimum atomic E-state index is -0.745. The molecule has 0 radical (unpaired) electrons. The average Bonchev–Trinajstić information content (AvgIpc) is 2.63. The van der Waals surface area contributed by atoms with Gasteiger partial charge in [-0.2, -0.15) is 0 Å². The molecule has 3 heteroatoms. The fourth-order valence-electron chi connectivity index (χ4n) is 1.61. The van der Waals surface area contributed by atoms with Crippen LogP contribution in [-0.4, -0.2) is 12.2 Å². The van der Waals surface area contributed by atoms with Gasteiger partial charge >= 0.3 is 5.97 Å². The second-order valence-corrected chi connectivity index (χ2v) is 4.32. The molecule has 3 nitrogen and oxygen atoms in total. The molecule has 1 heterocycles. The van der Waals surface area contributed by atoms with Gasteiger partial charge in [0.05, 0.1) is 0 Å². The Hall–Kier alpha value is -2.16. The van der Waals surface area contributed by atoms with E-state index in [1.54, 1.807) is 30.6 Å². The molecule has 0 bridgehead atoms. The van der Waals surface area contributed by atoms with E-state index >= 15 is 0 Å². The van der Waals surface area contributed by atoms with E-state index in [0.717, 1.165) is 5.56 Å². The van der Waals surface area contributed by atoms with Crippen molar-refractivity contribution in [3.8, 4) is 0 Å². The van der Waals surface area contributed by atoms with Crippen molar-refractivity contribution in [2.24, 2.45) is 10.4 Å². The van der Waals surface area contributed by atoms with Crippen molar-refractivity contribution >= 4 is 12.2 Å². The highest BCUT2D eigenvalue weighted by Gasteiger charge is 2.29. The van der Waals surface area contributed by atoms with E-state index in [1.807, 2.05) is 37.3 Å². The lowest BCUT2D eigenvalue weighted by atomic mass is 9.90. The van der Waals surface area contributed by atoms with Crippen LogP contribution in [0, 0.1) is 5.41 Å². The summed E-state index contributed by atoms with van der Waals surface area (Å²) in [5.41, 5.74) is 0.234. The summed E-state index contributed by atoms with van der Waals surface area (Å²) in [6, 6.07) is 9.63. The molecule has 1 aromatic rings. The molecule has 0 spiro atoms. The van der Waals surface area contributed by atoms with Crippen molar-refractivity contribution in [2.45, 2.75) is 13.5 Å². The number of allylic oxidation sites excluding steroid dienone is 1. The summed E-state index contributed by atoms with van der Waals surface area (Å²) in [7, 11) is 0. The van der Waals surface area contributed by atoms with Gasteiger partial charge in [-0.3, -0.25) is 9.79 Å². The third-order valence-corrected chi connectivity index (χ3v) is 2.77. The van der Waals surface area contributed by atoms with E-state index in [2.05, 4.69) is 4.99 Å². The first-order chi connectivity index (χ1) is 8.71. The Balaban J connectivity index is 2.00. The van der Waals surface area contributed by atoms with Crippen LogP contribution >= 0.6 is 0 Å². The smallest absolute Gasteiger partial charge is 0.319 e. The van der Waals surface area contributed by atoms with Crippen LogP contribution in [0.15, 0.2) is 59.8 Å². The summed E-state index contributed by atoms with van der Waals surface area (Å²) < 4.78 is 5.33. The Kier molecular flexibility index (Phi) is 3.72. The van der Waals surface area contributed by atoms with E-state index in [0.29, 0.717) is 0 Å². The maximum absolute atomic E-state index is 12.1. The zero-order chi connectivity index (χ0) is 12.8. The molecule has 0 amide bonds. The molecule has 1 unspecified atom stereocenters. The zero-order valence-corrected chi connectivity index (χ0v) is 10.2. The Morgan fingerprint density at radius 2 is 2.06 bits per heavy atom. The Morgan fingerprint density at radius 1 is 1.28 bits per heavy atom. The molecule has 0 fully saturated rings. The van der Waals surface area contributed by atoms with Crippen molar-refractivity contribution < 1.29 is 9.53 Å². The summed E-state index contributed by atoms with van der Waals surface area (Å²) in [6.45, 7) is 2.10. The van der Waals surface area contributed by atoms with E-state index in [4.69, 9.17) is 4.74 Å². The summed E-state index contributed by atoms with van der Waals surface area (Å²) in [6.07, 6.45) is 8.54. The highest BCUT2D eigenvalue weighted by Crippen LogP contribution is 2.24. The highest BCUT2D eigenvalue weighted by molar-refractivity contribution is 5.84. The monoisotopic (exact) mass is 241 g/mol. The number of benzene rings is 1. The van der Waals surface area contributed by atoms with E-state index in [1.165, 1.54) is 0 Å². The molecule has 1 aliphatic rings. The van der Waals surface area contributed by atoms with Crippen LogP contribution in [-0.2, 0) is 16.1 Å².